The molecule has 21 heavy (non-hydrogen) atoms. The number of nitrogens with zero attached hydrogens (tertiary/aromatic N) is 1. The van der Waals surface area contributed by atoms with Crippen molar-refractivity contribution in [3.05, 3.63) is 35.4 Å². The fraction of sp³-hybridized carbons (Fsp3) is 0.467. The number of rotatable bonds is 6. The molecule has 0 aliphatic carbocycles. The van der Waals surface area contributed by atoms with Gasteiger partial charge in [-0.3, -0.25) is 9.59 Å². The Morgan fingerprint density at radius 2 is 1.86 bits per heavy atom. The molecule has 2 unspecified atom stereocenters. The Morgan fingerprint density at radius 1 is 1.24 bits per heavy atom. The lowest BCUT2D eigenvalue weighted by Gasteiger charge is -2.26. The fourth-order valence-electron chi connectivity index (χ4n) is 2.07. The molecule has 4 nitrogen and oxygen atoms in total. The predicted molar refractivity (Wildman–Crippen MR) is 73.6 cm³/mol. The van der Waals surface area contributed by atoms with Crippen LogP contribution in [0.1, 0.15) is 38.3 Å². The van der Waals surface area contributed by atoms with Crippen LogP contribution in [-0.2, 0) is 9.59 Å². The summed E-state index contributed by atoms with van der Waals surface area (Å²) in [6.45, 7) is 3.25. The molecular formula is C15H19F2NO3. The van der Waals surface area contributed by atoms with Gasteiger partial charge in [-0.05, 0) is 31.0 Å². The smallest absolute Gasteiger partial charge is 0.303 e. The third kappa shape index (κ3) is 4.81. The van der Waals surface area contributed by atoms with Crippen LogP contribution >= 0.6 is 0 Å². The van der Waals surface area contributed by atoms with Crippen LogP contribution in [0.5, 0.6) is 0 Å². The molecule has 2 atom stereocenters. The number of aliphatic carboxylic acids is 1. The molecule has 0 spiro atoms. The first kappa shape index (κ1) is 17.1. The Balaban J connectivity index is 2.77. The highest BCUT2D eigenvalue weighted by atomic mass is 19.1. The molecule has 0 aliphatic rings. The van der Waals surface area contributed by atoms with Crippen molar-refractivity contribution in [2.45, 2.75) is 32.7 Å². The standard InChI is InChI=1S/C15H19F2NO3/c1-9(7-15(20)21)6-14(19)18(3)10(2)12-8-11(16)4-5-13(12)17/h4-5,8-10H,6-7H2,1-3H3,(H,20,21). The first-order chi connectivity index (χ1) is 9.72. The number of benzene rings is 1. The molecule has 1 amide bonds. The summed E-state index contributed by atoms with van der Waals surface area (Å²) in [4.78, 5) is 23.9. The van der Waals surface area contributed by atoms with Gasteiger partial charge >= 0.3 is 5.97 Å². The van der Waals surface area contributed by atoms with Gasteiger partial charge in [0, 0.05) is 25.5 Å². The number of carbonyl (C=O) groups excluding carboxylic acids is 1. The van der Waals surface area contributed by atoms with E-state index in [1.165, 1.54) is 11.9 Å². The molecule has 1 aromatic rings. The van der Waals surface area contributed by atoms with Crippen LogP contribution in [0, 0.1) is 17.6 Å². The Morgan fingerprint density at radius 3 is 2.43 bits per heavy atom. The molecular weight excluding hydrogens is 280 g/mol. The van der Waals surface area contributed by atoms with Crippen LogP contribution in [0.15, 0.2) is 18.2 Å². The maximum absolute atomic E-state index is 13.7. The zero-order chi connectivity index (χ0) is 16.2. The van der Waals surface area contributed by atoms with Crippen LogP contribution in [0.4, 0.5) is 8.78 Å². The van der Waals surface area contributed by atoms with Crippen molar-refractivity contribution in [3.63, 3.8) is 0 Å². The minimum absolute atomic E-state index is 0.0457. The van der Waals surface area contributed by atoms with Crippen LogP contribution in [0.25, 0.3) is 0 Å². The van der Waals surface area contributed by atoms with Crippen LogP contribution in [0.3, 0.4) is 0 Å². The summed E-state index contributed by atoms with van der Waals surface area (Å²) in [6, 6.07) is 2.46. The molecule has 0 saturated carbocycles. The second kappa shape index (κ2) is 7.15. The average molecular weight is 299 g/mol. The van der Waals surface area contributed by atoms with Crippen LogP contribution in [0.2, 0.25) is 0 Å². The Hall–Kier alpha value is -1.98. The van der Waals surface area contributed by atoms with Crippen molar-refractivity contribution in [1.82, 2.24) is 4.90 Å². The minimum atomic E-state index is -0.970. The molecule has 0 saturated heterocycles. The number of hydrogen-bond donors (Lipinski definition) is 1. The maximum Gasteiger partial charge on any atom is 0.303 e. The van der Waals surface area contributed by atoms with Gasteiger partial charge in [0.15, 0.2) is 0 Å². The van der Waals surface area contributed by atoms with Gasteiger partial charge in [-0.25, -0.2) is 8.78 Å². The van der Waals surface area contributed by atoms with Crippen molar-refractivity contribution in [1.29, 1.82) is 0 Å². The predicted octanol–water partition coefficient (Wildman–Crippen LogP) is 2.99. The number of hydrogen-bond acceptors (Lipinski definition) is 2. The maximum atomic E-state index is 13.7. The third-order valence-corrected chi connectivity index (χ3v) is 3.43. The number of carboxylic acid groups (broad SMARTS) is 1. The summed E-state index contributed by atoms with van der Waals surface area (Å²) in [5.41, 5.74) is 0.0942. The van der Waals surface area contributed by atoms with E-state index in [0.717, 1.165) is 18.2 Å². The number of halogens is 2. The zero-order valence-electron chi connectivity index (χ0n) is 12.3. The van der Waals surface area contributed by atoms with E-state index in [0.29, 0.717) is 0 Å². The molecule has 6 heteroatoms. The van der Waals surface area contributed by atoms with Crippen molar-refractivity contribution in [3.8, 4) is 0 Å². The highest BCUT2D eigenvalue weighted by Gasteiger charge is 2.22. The second-order valence-corrected chi connectivity index (χ2v) is 5.25. The summed E-state index contributed by atoms with van der Waals surface area (Å²) in [5, 5.41) is 8.67. The summed E-state index contributed by atoms with van der Waals surface area (Å²) < 4.78 is 26.9. The molecule has 1 N–H and O–H groups in total. The minimum Gasteiger partial charge on any atom is -0.481 e. The normalized spacial score (nSPS) is 13.6. The Kier molecular flexibility index (Phi) is 5.81. The Labute approximate surface area is 122 Å². The Bertz CT molecular complexity index is 534. The van der Waals surface area contributed by atoms with Crippen molar-refractivity contribution in [2.24, 2.45) is 5.92 Å². The molecule has 1 rings (SSSR count). The number of carboxylic acids is 1. The van der Waals surface area contributed by atoms with Gasteiger partial charge in [0.25, 0.3) is 0 Å². The quantitative estimate of drug-likeness (QED) is 0.878. The number of amides is 1. The van der Waals surface area contributed by atoms with E-state index in [2.05, 4.69) is 0 Å². The average Bonchev–Trinajstić information content (AvgIpc) is 2.38. The van der Waals surface area contributed by atoms with E-state index >= 15 is 0 Å². The van der Waals surface area contributed by atoms with E-state index in [1.807, 2.05) is 0 Å². The topological polar surface area (TPSA) is 57.6 Å². The summed E-state index contributed by atoms with van der Waals surface area (Å²) in [6.07, 6.45) is -0.0631. The van der Waals surface area contributed by atoms with Gasteiger partial charge in [-0.15, -0.1) is 0 Å². The van der Waals surface area contributed by atoms with Gasteiger partial charge in [0.1, 0.15) is 11.6 Å². The highest BCUT2D eigenvalue weighted by molar-refractivity contribution is 5.77. The highest BCUT2D eigenvalue weighted by Crippen LogP contribution is 2.24. The first-order valence-electron chi connectivity index (χ1n) is 6.64. The molecule has 0 aromatic heterocycles. The second-order valence-electron chi connectivity index (χ2n) is 5.25. The molecule has 0 fully saturated rings. The third-order valence-electron chi connectivity index (χ3n) is 3.43. The first-order valence-corrected chi connectivity index (χ1v) is 6.64. The van der Waals surface area contributed by atoms with E-state index in [9.17, 15) is 18.4 Å². The lowest BCUT2D eigenvalue weighted by atomic mass is 10.0. The van der Waals surface area contributed by atoms with E-state index < -0.39 is 23.6 Å². The molecule has 1 aromatic carbocycles. The molecule has 0 heterocycles. The van der Waals surface area contributed by atoms with Gasteiger partial charge < -0.3 is 10.0 Å². The molecule has 116 valence electrons. The lowest BCUT2D eigenvalue weighted by Crippen LogP contribution is -2.31. The van der Waals surface area contributed by atoms with Gasteiger partial charge in [-0.1, -0.05) is 6.92 Å². The van der Waals surface area contributed by atoms with E-state index in [-0.39, 0.29) is 30.2 Å². The molecule has 0 aliphatic heterocycles. The van der Waals surface area contributed by atoms with Crippen molar-refractivity contribution >= 4 is 11.9 Å². The van der Waals surface area contributed by atoms with E-state index in [1.54, 1.807) is 13.8 Å². The van der Waals surface area contributed by atoms with Gasteiger partial charge in [0.2, 0.25) is 5.91 Å². The van der Waals surface area contributed by atoms with Gasteiger partial charge in [0.05, 0.1) is 6.04 Å². The summed E-state index contributed by atoms with van der Waals surface area (Å²) in [5.74, 6) is -2.75. The lowest BCUT2D eigenvalue weighted by molar-refractivity contribution is -0.138. The van der Waals surface area contributed by atoms with Crippen LogP contribution in [-0.4, -0.2) is 28.9 Å². The SMILES string of the molecule is CC(CC(=O)O)CC(=O)N(C)C(C)c1cc(F)ccc1F. The van der Waals surface area contributed by atoms with Crippen LogP contribution < -0.4 is 0 Å². The van der Waals surface area contributed by atoms with Crippen molar-refractivity contribution in [2.75, 3.05) is 7.05 Å². The summed E-state index contributed by atoms with van der Waals surface area (Å²) in [7, 11) is 1.49. The number of carbonyl (C=O) groups is 2. The molecule has 0 bridgehead atoms. The summed E-state index contributed by atoms with van der Waals surface area (Å²) >= 11 is 0. The fourth-order valence-corrected chi connectivity index (χ4v) is 2.07. The van der Waals surface area contributed by atoms with Gasteiger partial charge in [-0.2, -0.15) is 0 Å². The largest absolute Gasteiger partial charge is 0.481 e. The monoisotopic (exact) mass is 299 g/mol. The van der Waals surface area contributed by atoms with Crippen molar-refractivity contribution < 1.29 is 23.5 Å². The molecule has 0 radical (unpaired) electrons. The van der Waals surface area contributed by atoms with E-state index in [4.69, 9.17) is 5.11 Å². The zero-order valence-corrected chi connectivity index (χ0v) is 12.3.